The first-order valence-electron chi connectivity index (χ1n) is 6.84. The fraction of sp³-hybridized carbons (Fsp3) is 0.118. The Morgan fingerprint density at radius 1 is 1.22 bits per heavy atom. The number of primary amides is 1. The number of rotatable bonds is 5. The van der Waals surface area contributed by atoms with Crippen molar-refractivity contribution < 1.29 is 9.59 Å². The second-order valence-corrected chi connectivity index (χ2v) is 6.20. The Morgan fingerprint density at radius 3 is 2.48 bits per heavy atom. The summed E-state index contributed by atoms with van der Waals surface area (Å²) in [6.07, 6.45) is 0.328. The molecule has 23 heavy (non-hydrogen) atoms. The molecule has 2 amide bonds. The highest BCUT2D eigenvalue weighted by atomic mass is 127. The Hall–Kier alpha value is -2.40. The molecule has 0 aliphatic heterocycles. The molecule has 0 saturated heterocycles. The third-order valence-corrected chi connectivity index (χ3v) is 3.92. The van der Waals surface area contributed by atoms with Crippen LogP contribution in [0.4, 0.5) is 0 Å². The van der Waals surface area contributed by atoms with Crippen LogP contribution in [0.15, 0.2) is 48.5 Å². The normalized spacial score (nSPS) is 11.3. The van der Waals surface area contributed by atoms with E-state index in [0.29, 0.717) is 17.5 Å². The van der Waals surface area contributed by atoms with Gasteiger partial charge in [-0.05, 0) is 64.6 Å². The second kappa shape index (κ2) is 7.74. The van der Waals surface area contributed by atoms with Crippen molar-refractivity contribution in [2.75, 3.05) is 0 Å². The summed E-state index contributed by atoms with van der Waals surface area (Å²) in [5.74, 6) is -0.991. The number of amides is 2. The number of benzene rings is 2. The van der Waals surface area contributed by atoms with E-state index in [1.54, 1.807) is 12.1 Å². The van der Waals surface area contributed by atoms with Crippen LogP contribution in [-0.4, -0.2) is 17.9 Å². The van der Waals surface area contributed by atoms with E-state index in [2.05, 4.69) is 27.9 Å². The largest absolute Gasteiger partial charge is 0.368 e. The second-order valence-electron chi connectivity index (χ2n) is 4.95. The summed E-state index contributed by atoms with van der Waals surface area (Å²) in [5.41, 5.74) is 7.15. The Labute approximate surface area is 147 Å². The molecule has 2 aromatic carbocycles. The number of halogens is 1. The summed E-state index contributed by atoms with van der Waals surface area (Å²) in [6.45, 7) is 0. The number of carbonyl (C=O) groups excluding carboxylic acids is 2. The molecular weight excluding hydrogens is 405 g/mol. The summed E-state index contributed by atoms with van der Waals surface area (Å²) in [5, 5.41) is 11.4. The number of hydrogen-bond donors (Lipinski definition) is 2. The van der Waals surface area contributed by atoms with Crippen LogP contribution in [0.1, 0.15) is 21.5 Å². The molecule has 5 nitrogen and oxygen atoms in total. The highest BCUT2D eigenvalue weighted by Crippen LogP contribution is 2.10. The molecule has 0 saturated carbocycles. The van der Waals surface area contributed by atoms with Crippen molar-refractivity contribution in [1.82, 2.24) is 5.32 Å². The van der Waals surface area contributed by atoms with Crippen LogP contribution in [0.25, 0.3) is 0 Å². The molecule has 0 heterocycles. The Balaban J connectivity index is 2.11. The molecule has 0 unspecified atom stereocenters. The minimum absolute atomic E-state index is 0.328. The average Bonchev–Trinajstić information content (AvgIpc) is 2.54. The lowest BCUT2D eigenvalue weighted by Gasteiger charge is -2.16. The maximum Gasteiger partial charge on any atom is 0.251 e. The third-order valence-electron chi connectivity index (χ3n) is 3.25. The van der Waals surface area contributed by atoms with E-state index in [9.17, 15) is 9.59 Å². The number of nitriles is 1. The monoisotopic (exact) mass is 419 g/mol. The predicted molar refractivity (Wildman–Crippen MR) is 94.5 cm³/mol. The Bertz CT molecular complexity index is 766. The topological polar surface area (TPSA) is 96.0 Å². The fourth-order valence-electron chi connectivity index (χ4n) is 2.06. The molecule has 6 heteroatoms. The first-order chi connectivity index (χ1) is 11.0. The molecule has 2 aromatic rings. The van der Waals surface area contributed by atoms with Gasteiger partial charge >= 0.3 is 0 Å². The molecule has 0 bridgehead atoms. The minimum Gasteiger partial charge on any atom is -0.368 e. The highest BCUT2D eigenvalue weighted by molar-refractivity contribution is 14.1. The molecule has 2 rings (SSSR count). The van der Waals surface area contributed by atoms with Crippen LogP contribution in [0.5, 0.6) is 0 Å². The van der Waals surface area contributed by atoms with Crippen molar-refractivity contribution in [2.24, 2.45) is 5.73 Å². The van der Waals surface area contributed by atoms with Gasteiger partial charge in [-0.2, -0.15) is 5.26 Å². The summed E-state index contributed by atoms with van der Waals surface area (Å²) in [4.78, 5) is 23.8. The zero-order valence-corrected chi connectivity index (χ0v) is 14.3. The summed E-state index contributed by atoms with van der Waals surface area (Å²) in [7, 11) is 0. The van der Waals surface area contributed by atoms with Gasteiger partial charge in [-0.15, -0.1) is 0 Å². The molecule has 0 aromatic heterocycles. The predicted octanol–water partition coefficient (Wildman–Crippen LogP) is 1.99. The molecule has 0 fully saturated rings. The first-order valence-corrected chi connectivity index (χ1v) is 7.92. The Morgan fingerprint density at radius 2 is 1.91 bits per heavy atom. The molecule has 0 spiro atoms. The number of nitrogens with one attached hydrogen (secondary N) is 1. The van der Waals surface area contributed by atoms with Crippen molar-refractivity contribution in [2.45, 2.75) is 12.5 Å². The van der Waals surface area contributed by atoms with E-state index in [0.717, 1.165) is 9.13 Å². The van der Waals surface area contributed by atoms with Crippen LogP contribution in [-0.2, 0) is 11.2 Å². The van der Waals surface area contributed by atoms with Gasteiger partial charge in [-0.3, -0.25) is 9.59 Å². The SMILES string of the molecule is N#Cc1ccc(C(=O)N[C@@H](Cc2cccc(I)c2)C(N)=O)cc1. The van der Waals surface area contributed by atoms with Crippen LogP contribution in [0, 0.1) is 14.9 Å². The quantitative estimate of drug-likeness (QED) is 0.726. The molecular formula is C17H14IN3O2. The van der Waals surface area contributed by atoms with Gasteiger partial charge in [-0.25, -0.2) is 0 Å². The van der Waals surface area contributed by atoms with Gasteiger partial charge in [0.05, 0.1) is 11.6 Å². The van der Waals surface area contributed by atoms with Gasteiger partial charge < -0.3 is 11.1 Å². The van der Waals surface area contributed by atoms with Crippen LogP contribution < -0.4 is 11.1 Å². The van der Waals surface area contributed by atoms with E-state index in [4.69, 9.17) is 11.0 Å². The highest BCUT2D eigenvalue weighted by Gasteiger charge is 2.19. The summed E-state index contributed by atoms with van der Waals surface area (Å²) in [6, 6.07) is 15.0. The van der Waals surface area contributed by atoms with Crippen LogP contribution in [0.2, 0.25) is 0 Å². The van der Waals surface area contributed by atoms with Gasteiger partial charge in [0, 0.05) is 15.6 Å². The lowest BCUT2D eigenvalue weighted by molar-refractivity contribution is -0.119. The fourth-order valence-corrected chi connectivity index (χ4v) is 2.67. The van der Waals surface area contributed by atoms with Crippen molar-refractivity contribution in [3.8, 4) is 6.07 Å². The number of carbonyl (C=O) groups is 2. The average molecular weight is 419 g/mol. The lowest BCUT2D eigenvalue weighted by Crippen LogP contribution is -2.45. The standard InChI is InChI=1S/C17H14IN3O2/c18-14-3-1-2-12(8-14)9-15(16(20)22)21-17(23)13-6-4-11(10-19)5-7-13/h1-8,15H,9H2,(H2,20,22)(H,21,23)/t15-/m0/s1. The number of nitrogens with two attached hydrogens (primary N) is 1. The molecule has 1 atom stereocenters. The Kier molecular flexibility index (Phi) is 5.71. The molecule has 0 radical (unpaired) electrons. The van der Waals surface area contributed by atoms with E-state index in [1.165, 1.54) is 12.1 Å². The molecule has 3 N–H and O–H groups in total. The van der Waals surface area contributed by atoms with Crippen molar-refractivity contribution in [1.29, 1.82) is 5.26 Å². The lowest BCUT2D eigenvalue weighted by atomic mass is 10.0. The maximum absolute atomic E-state index is 12.2. The van der Waals surface area contributed by atoms with Crippen molar-refractivity contribution in [3.05, 3.63) is 68.8 Å². The zero-order valence-electron chi connectivity index (χ0n) is 12.1. The van der Waals surface area contributed by atoms with Gasteiger partial charge in [0.25, 0.3) is 5.91 Å². The van der Waals surface area contributed by atoms with Gasteiger partial charge in [0.2, 0.25) is 5.91 Å². The number of nitrogens with zero attached hydrogens (tertiary/aromatic N) is 1. The number of hydrogen-bond acceptors (Lipinski definition) is 3. The third kappa shape index (κ3) is 4.79. The van der Waals surface area contributed by atoms with E-state index >= 15 is 0 Å². The summed E-state index contributed by atoms with van der Waals surface area (Å²) < 4.78 is 1.04. The summed E-state index contributed by atoms with van der Waals surface area (Å²) >= 11 is 2.18. The zero-order chi connectivity index (χ0) is 16.8. The van der Waals surface area contributed by atoms with Crippen molar-refractivity contribution in [3.63, 3.8) is 0 Å². The van der Waals surface area contributed by atoms with Gasteiger partial charge in [-0.1, -0.05) is 12.1 Å². The van der Waals surface area contributed by atoms with Gasteiger partial charge in [0.1, 0.15) is 6.04 Å². The molecule has 116 valence electrons. The maximum atomic E-state index is 12.2. The smallest absolute Gasteiger partial charge is 0.251 e. The molecule has 0 aliphatic carbocycles. The minimum atomic E-state index is -0.795. The van der Waals surface area contributed by atoms with E-state index < -0.39 is 17.9 Å². The van der Waals surface area contributed by atoms with Crippen LogP contribution >= 0.6 is 22.6 Å². The molecule has 0 aliphatic rings. The van der Waals surface area contributed by atoms with E-state index in [1.807, 2.05) is 30.3 Å². The van der Waals surface area contributed by atoms with E-state index in [-0.39, 0.29) is 0 Å². The first kappa shape index (κ1) is 17.0. The van der Waals surface area contributed by atoms with Gasteiger partial charge in [0.15, 0.2) is 0 Å². The van der Waals surface area contributed by atoms with Crippen molar-refractivity contribution >= 4 is 34.4 Å². The van der Waals surface area contributed by atoms with Crippen LogP contribution in [0.3, 0.4) is 0 Å².